The SMILES string of the molecule is CN(C)CC(N)c1cc(F)cc(-c2cccc3[nH]c(-c4n[nH]c5cnc(-c6cncc(CN7CCC(F)(F)C7)c6)c(F)c45)nc23)c1. The zero-order chi connectivity index (χ0) is 32.2. The Bertz CT molecular complexity index is 2070. The van der Waals surface area contributed by atoms with E-state index in [1.807, 2.05) is 43.3 Å². The van der Waals surface area contributed by atoms with Crippen LogP contribution in [0.3, 0.4) is 0 Å². The van der Waals surface area contributed by atoms with Crippen molar-refractivity contribution in [2.75, 3.05) is 33.7 Å². The van der Waals surface area contributed by atoms with E-state index in [4.69, 9.17) is 10.7 Å². The summed E-state index contributed by atoms with van der Waals surface area (Å²) in [6.45, 7) is 0.772. The van der Waals surface area contributed by atoms with Crippen molar-refractivity contribution in [2.45, 2.75) is 24.9 Å². The number of nitrogens with one attached hydrogen (secondary N) is 2. The Morgan fingerprint density at radius 2 is 1.87 bits per heavy atom. The Balaban J connectivity index is 1.26. The quantitative estimate of drug-likeness (QED) is 0.179. The minimum absolute atomic E-state index is 0.0504. The predicted molar refractivity (Wildman–Crippen MR) is 168 cm³/mol. The van der Waals surface area contributed by atoms with Gasteiger partial charge in [-0.15, -0.1) is 0 Å². The lowest BCUT2D eigenvalue weighted by Gasteiger charge is -2.18. The largest absolute Gasteiger partial charge is 0.337 e. The Morgan fingerprint density at radius 1 is 1.02 bits per heavy atom. The van der Waals surface area contributed by atoms with Crippen LogP contribution in [0.5, 0.6) is 0 Å². The Kier molecular flexibility index (Phi) is 7.54. The maximum absolute atomic E-state index is 16.3. The third kappa shape index (κ3) is 5.72. The number of nitrogens with zero attached hydrogens (tertiary/aromatic N) is 6. The van der Waals surface area contributed by atoms with Gasteiger partial charge in [-0.3, -0.25) is 20.0 Å². The molecule has 0 spiro atoms. The first-order chi connectivity index (χ1) is 22.0. The molecule has 1 aliphatic rings. The molecule has 1 fully saturated rings. The van der Waals surface area contributed by atoms with Gasteiger partial charge in [-0.05, 0) is 61.1 Å². The number of aromatic amines is 2. The highest BCUT2D eigenvalue weighted by Crippen LogP contribution is 2.36. The number of nitrogens with two attached hydrogens (primary N) is 1. The fraction of sp³-hybridized carbons (Fsp3) is 0.273. The number of halogens is 4. The molecule has 1 unspecified atom stereocenters. The lowest BCUT2D eigenvalue weighted by Crippen LogP contribution is -2.26. The Morgan fingerprint density at radius 3 is 2.65 bits per heavy atom. The standard InChI is InChI=1S/C33H31F4N9/c1-45(2)16-24(38)20-9-19(10-22(34)11-20)23-4-3-5-25-30(23)42-32(41-25)31-27-26(43-44-31)14-40-29(28(27)35)21-8-18(12-39-13-21)15-46-7-6-33(36,37)17-46/h3-5,8-14,24H,6-7,15-17,38H2,1-2H3,(H,41,42)(H,43,44). The molecule has 9 nitrogen and oxygen atoms in total. The van der Waals surface area contributed by atoms with Crippen molar-refractivity contribution < 1.29 is 17.6 Å². The summed E-state index contributed by atoms with van der Waals surface area (Å²) in [5, 5.41) is 7.38. The summed E-state index contributed by atoms with van der Waals surface area (Å²) < 4.78 is 58.5. The lowest BCUT2D eigenvalue weighted by molar-refractivity contribution is 0.0115. The van der Waals surface area contributed by atoms with Crippen LogP contribution >= 0.6 is 0 Å². The van der Waals surface area contributed by atoms with E-state index in [1.165, 1.54) is 24.5 Å². The van der Waals surface area contributed by atoms with Crippen LogP contribution in [0.1, 0.15) is 23.6 Å². The van der Waals surface area contributed by atoms with Gasteiger partial charge < -0.3 is 15.6 Å². The second-order valence-electron chi connectivity index (χ2n) is 12.1. The molecule has 5 heterocycles. The van der Waals surface area contributed by atoms with Gasteiger partial charge in [-0.25, -0.2) is 22.5 Å². The number of likely N-dealkylation sites (tertiary alicyclic amines) is 1. The molecular formula is C33H31F4N9. The van der Waals surface area contributed by atoms with Crippen molar-refractivity contribution in [3.63, 3.8) is 0 Å². The van der Waals surface area contributed by atoms with Crippen molar-refractivity contribution in [1.29, 1.82) is 0 Å². The smallest absolute Gasteiger partial charge is 0.261 e. The fourth-order valence-electron chi connectivity index (χ4n) is 6.11. The van der Waals surface area contributed by atoms with Crippen LogP contribution in [0, 0.1) is 11.6 Å². The zero-order valence-corrected chi connectivity index (χ0v) is 25.2. The minimum Gasteiger partial charge on any atom is -0.337 e. The first-order valence-electron chi connectivity index (χ1n) is 14.8. The van der Waals surface area contributed by atoms with E-state index < -0.39 is 17.6 Å². The Labute approximate surface area is 261 Å². The molecule has 0 bridgehead atoms. The van der Waals surface area contributed by atoms with E-state index in [0.29, 0.717) is 56.7 Å². The topological polar surface area (TPSA) is 116 Å². The molecule has 1 aliphatic heterocycles. The van der Waals surface area contributed by atoms with E-state index in [-0.39, 0.29) is 48.9 Å². The summed E-state index contributed by atoms with van der Waals surface area (Å²) in [7, 11) is 3.81. The zero-order valence-electron chi connectivity index (χ0n) is 25.2. The molecule has 236 valence electrons. The average Bonchev–Trinajstić information content (AvgIpc) is 3.73. The number of likely N-dealkylation sites (N-methyl/N-ethyl adjacent to an activating group) is 1. The van der Waals surface area contributed by atoms with Gasteiger partial charge in [0.05, 0.1) is 34.7 Å². The van der Waals surface area contributed by atoms with Gasteiger partial charge in [0, 0.05) is 55.6 Å². The van der Waals surface area contributed by atoms with Crippen LogP contribution in [-0.2, 0) is 6.54 Å². The van der Waals surface area contributed by atoms with Crippen LogP contribution < -0.4 is 5.73 Å². The van der Waals surface area contributed by atoms with Crippen molar-refractivity contribution in [2.24, 2.45) is 5.73 Å². The summed E-state index contributed by atoms with van der Waals surface area (Å²) in [4.78, 5) is 20.2. The van der Waals surface area contributed by atoms with Gasteiger partial charge in [0.2, 0.25) is 0 Å². The molecule has 0 amide bonds. The first kappa shape index (κ1) is 30.0. The van der Waals surface area contributed by atoms with E-state index in [2.05, 4.69) is 25.1 Å². The van der Waals surface area contributed by atoms with E-state index in [1.54, 1.807) is 17.2 Å². The summed E-state index contributed by atoms with van der Waals surface area (Å²) in [5.74, 6) is -3.43. The molecule has 1 saturated heterocycles. The monoisotopic (exact) mass is 629 g/mol. The number of hydrogen-bond acceptors (Lipinski definition) is 7. The molecule has 1 atom stereocenters. The van der Waals surface area contributed by atoms with Gasteiger partial charge >= 0.3 is 0 Å². The highest BCUT2D eigenvalue weighted by atomic mass is 19.3. The number of H-pyrrole nitrogens is 2. The molecule has 7 rings (SSSR count). The highest BCUT2D eigenvalue weighted by molar-refractivity contribution is 5.98. The third-order valence-electron chi connectivity index (χ3n) is 8.23. The molecule has 13 heteroatoms. The number of para-hydroxylation sites is 1. The second-order valence-corrected chi connectivity index (χ2v) is 12.1. The molecular weight excluding hydrogens is 598 g/mol. The highest BCUT2D eigenvalue weighted by Gasteiger charge is 2.38. The lowest BCUT2D eigenvalue weighted by atomic mass is 9.98. The minimum atomic E-state index is -2.71. The van der Waals surface area contributed by atoms with Crippen LogP contribution in [0.15, 0.2) is 61.1 Å². The van der Waals surface area contributed by atoms with Crippen LogP contribution in [0.4, 0.5) is 17.6 Å². The first-order valence-corrected chi connectivity index (χ1v) is 14.8. The van der Waals surface area contributed by atoms with Crippen LogP contribution in [0.2, 0.25) is 0 Å². The molecule has 6 aromatic rings. The molecule has 2 aromatic carbocycles. The summed E-state index contributed by atoms with van der Waals surface area (Å²) in [6, 6.07) is 11.6. The van der Waals surface area contributed by atoms with Crippen molar-refractivity contribution in [3.05, 3.63) is 83.8 Å². The van der Waals surface area contributed by atoms with Crippen molar-refractivity contribution >= 4 is 21.9 Å². The van der Waals surface area contributed by atoms with Gasteiger partial charge in [-0.1, -0.05) is 12.1 Å². The van der Waals surface area contributed by atoms with Gasteiger partial charge in [0.1, 0.15) is 17.2 Å². The van der Waals surface area contributed by atoms with Gasteiger partial charge in [0.25, 0.3) is 5.92 Å². The molecule has 0 radical (unpaired) electrons. The number of fused-ring (bicyclic) bond motifs is 2. The average molecular weight is 630 g/mol. The molecule has 0 aliphatic carbocycles. The number of imidazole rings is 1. The Hall–Kier alpha value is -4.72. The van der Waals surface area contributed by atoms with Crippen LogP contribution in [0.25, 0.3) is 55.8 Å². The maximum atomic E-state index is 16.3. The number of hydrogen-bond donors (Lipinski definition) is 3. The number of pyridine rings is 2. The normalized spacial score (nSPS) is 15.8. The summed E-state index contributed by atoms with van der Waals surface area (Å²) in [6.07, 6.45) is 4.37. The number of alkyl halides is 2. The van der Waals surface area contributed by atoms with E-state index >= 15 is 4.39 Å². The van der Waals surface area contributed by atoms with E-state index in [9.17, 15) is 13.2 Å². The van der Waals surface area contributed by atoms with Crippen molar-refractivity contribution in [3.8, 4) is 33.9 Å². The van der Waals surface area contributed by atoms with Crippen LogP contribution in [-0.4, -0.2) is 79.6 Å². The number of aromatic nitrogens is 6. The van der Waals surface area contributed by atoms with Crippen molar-refractivity contribution in [1.82, 2.24) is 39.9 Å². The molecule has 4 aromatic heterocycles. The second kappa shape index (κ2) is 11.6. The molecule has 0 saturated carbocycles. The number of benzene rings is 2. The molecule has 46 heavy (non-hydrogen) atoms. The summed E-state index contributed by atoms with van der Waals surface area (Å²) >= 11 is 0. The third-order valence-corrected chi connectivity index (χ3v) is 8.23. The predicted octanol–water partition coefficient (Wildman–Crippen LogP) is 5.91. The van der Waals surface area contributed by atoms with Gasteiger partial charge in [-0.2, -0.15) is 5.10 Å². The number of rotatable bonds is 8. The summed E-state index contributed by atoms with van der Waals surface area (Å²) in [5.41, 5.74) is 11.3. The van der Waals surface area contributed by atoms with E-state index in [0.717, 1.165) is 0 Å². The maximum Gasteiger partial charge on any atom is 0.261 e. The van der Waals surface area contributed by atoms with Gasteiger partial charge in [0.15, 0.2) is 11.6 Å². The molecule has 4 N–H and O–H groups in total. The fourth-order valence-corrected chi connectivity index (χ4v) is 6.11.